The second-order valence-electron chi connectivity index (χ2n) is 6.75. The fourth-order valence-electron chi connectivity index (χ4n) is 3.47. The summed E-state index contributed by atoms with van der Waals surface area (Å²) in [6.07, 6.45) is 4.73. The Morgan fingerprint density at radius 3 is 2.75 bits per heavy atom. The van der Waals surface area contributed by atoms with Crippen LogP contribution in [0.3, 0.4) is 0 Å². The molecule has 1 aromatic carbocycles. The Bertz CT molecular complexity index is 833. The van der Waals surface area contributed by atoms with Gasteiger partial charge in [0.1, 0.15) is 10.6 Å². The second kappa shape index (κ2) is 9.04. The van der Waals surface area contributed by atoms with Crippen molar-refractivity contribution in [3.63, 3.8) is 0 Å². The van der Waals surface area contributed by atoms with Gasteiger partial charge < -0.3 is 19.1 Å². The summed E-state index contributed by atoms with van der Waals surface area (Å²) in [4.78, 5) is 14.4. The lowest BCUT2D eigenvalue weighted by atomic mass is 9.97. The van der Waals surface area contributed by atoms with Crippen molar-refractivity contribution < 1.29 is 27.4 Å². The van der Waals surface area contributed by atoms with Crippen molar-refractivity contribution in [1.29, 1.82) is 0 Å². The third-order valence-corrected chi connectivity index (χ3v) is 6.40. The number of carbonyl (C=O) groups excluding carboxylic acids is 1. The van der Waals surface area contributed by atoms with Crippen LogP contribution in [0.25, 0.3) is 6.08 Å². The molecule has 3 rings (SSSR count). The van der Waals surface area contributed by atoms with Gasteiger partial charge in [0.2, 0.25) is 15.9 Å². The summed E-state index contributed by atoms with van der Waals surface area (Å²) >= 11 is 0. The average molecular weight is 410 g/mol. The fraction of sp³-hybridized carbons (Fsp3) is 0.526. The van der Waals surface area contributed by atoms with Crippen LogP contribution in [-0.4, -0.2) is 66.0 Å². The smallest absolute Gasteiger partial charge is 0.246 e. The molecule has 1 N–H and O–H groups in total. The van der Waals surface area contributed by atoms with E-state index in [2.05, 4.69) is 4.72 Å². The summed E-state index contributed by atoms with van der Waals surface area (Å²) < 4.78 is 42.9. The molecule has 0 radical (unpaired) electrons. The first kappa shape index (κ1) is 20.8. The molecule has 2 aliphatic rings. The highest BCUT2D eigenvalue weighted by Gasteiger charge is 2.32. The van der Waals surface area contributed by atoms with Gasteiger partial charge in [-0.05, 0) is 43.7 Å². The molecule has 1 aromatic rings. The maximum Gasteiger partial charge on any atom is 0.246 e. The van der Waals surface area contributed by atoms with Gasteiger partial charge in [-0.15, -0.1) is 0 Å². The standard InChI is InChI=1S/C19H26N2O6S/c1-20-28(23,24)17-12-14(5-7-16(17)25-2)6-8-18(22)21-9-3-4-15(13-21)19-26-10-11-27-19/h5-8,12,15,19-20H,3-4,9-11,13H2,1-2H3/b8-6+. The van der Waals surface area contributed by atoms with Crippen molar-refractivity contribution in [3.8, 4) is 5.75 Å². The zero-order valence-electron chi connectivity index (χ0n) is 16.1. The molecule has 28 heavy (non-hydrogen) atoms. The van der Waals surface area contributed by atoms with E-state index in [1.54, 1.807) is 23.1 Å². The third-order valence-electron chi connectivity index (χ3n) is 4.97. The molecular formula is C19H26N2O6S. The summed E-state index contributed by atoms with van der Waals surface area (Å²) in [5.41, 5.74) is 0.596. The Labute approximate surface area is 165 Å². The summed E-state index contributed by atoms with van der Waals surface area (Å²) in [7, 11) is -0.922. The van der Waals surface area contributed by atoms with Gasteiger partial charge in [0.15, 0.2) is 6.29 Å². The number of piperidine rings is 1. The number of nitrogens with zero attached hydrogens (tertiary/aromatic N) is 1. The molecule has 2 aliphatic heterocycles. The molecular weight excluding hydrogens is 384 g/mol. The quantitative estimate of drug-likeness (QED) is 0.709. The summed E-state index contributed by atoms with van der Waals surface area (Å²) in [5, 5.41) is 0. The van der Waals surface area contributed by atoms with Gasteiger partial charge in [0.05, 0.1) is 20.3 Å². The van der Waals surface area contributed by atoms with Gasteiger partial charge in [-0.2, -0.15) is 0 Å². The van der Waals surface area contributed by atoms with E-state index in [4.69, 9.17) is 14.2 Å². The SMILES string of the molecule is CNS(=O)(=O)c1cc(/C=C/C(=O)N2CCCC(C3OCCO3)C2)ccc1OC. The van der Waals surface area contributed by atoms with E-state index in [0.717, 1.165) is 12.8 Å². The first-order chi connectivity index (χ1) is 13.4. The lowest BCUT2D eigenvalue weighted by Crippen LogP contribution is -2.43. The van der Waals surface area contributed by atoms with Crippen LogP contribution < -0.4 is 9.46 Å². The number of methoxy groups -OCH3 is 1. The Balaban J connectivity index is 1.70. The van der Waals surface area contributed by atoms with Gasteiger partial charge in [-0.1, -0.05) is 6.07 Å². The number of benzene rings is 1. The highest BCUT2D eigenvalue weighted by molar-refractivity contribution is 7.89. The lowest BCUT2D eigenvalue weighted by Gasteiger charge is -2.34. The number of amides is 1. The lowest BCUT2D eigenvalue weighted by molar-refractivity contribution is -0.134. The van der Waals surface area contributed by atoms with Crippen LogP contribution in [0.4, 0.5) is 0 Å². The maximum atomic E-state index is 12.6. The molecule has 2 heterocycles. The van der Waals surface area contributed by atoms with Crippen molar-refractivity contribution in [1.82, 2.24) is 9.62 Å². The maximum absolute atomic E-state index is 12.6. The Hall–Kier alpha value is -1.94. The number of ether oxygens (including phenoxy) is 3. The van der Waals surface area contributed by atoms with Crippen LogP contribution in [0.1, 0.15) is 18.4 Å². The Kier molecular flexibility index (Phi) is 6.71. The van der Waals surface area contributed by atoms with Crippen molar-refractivity contribution in [2.45, 2.75) is 24.0 Å². The second-order valence-corrected chi connectivity index (χ2v) is 8.60. The number of sulfonamides is 1. The third kappa shape index (κ3) is 4.72. The summed E-state index contributed by atoms with van der Waals surface area (Å²) in [6.45, 7) is 2.49. The van der Waals surface area contributed by atoms with Gasteiger partial charge in [0.25, 0.3) is 0 Å². The zero-order valence-corrected chi connectivity index (χ0v) is 16.9. The highest BCUT2D eigenvalue weighted by Crippen LogP contribution is 2.26. The largest absolute Gasteiger partial charge is 0.495 e. The highest BCUT2D eigenvalue weighted by atomic mass is 32.2. The van der Waals surface area contributed by atoms with Crippen molar-refractivity contribution in [2.75, 3.05) is 40.5 Å². The molecule has 2 fully saturated rings. The Morgan fingerprint density at radius 2 is 2.07 bits per heavy atom. The topological polar surface area (TPSA) is 94.2 Å². The molecule has 1 unspecified atom stereocenters. The van der Waals surface area contributed by atoms with E-state index in [0.29, 0.717) is 31.9 Å². The van der Waals surface area contributed by atoms with E-state index < -0.39 is 10.0 Å². The average Bonchev–Trinajstić information content (AvgIpc) is 3.27. The van der Waals surface area contributed by atoms with Crippen LogP contribution in [0.2, 0.25) is 0 Å². The van der Waals surface area contributed by atoms with Gasteiger partial charge in [0, 0.05) is 25.1 Å². The molecule has 1 atom stereocenters. The predicted molar refractivity (Wildman–Crippen MR) is 103 cm³/mol. The number of carbonyl (C=O) groups is 1. The molecule has 0 aromatic heterocycles. The van der Waals surface area contributed by atoms with Gasteiger partial charge >= 0.3 is 0 Å². The normalized spacial score (nSPS) is 21.4. The minimum absolute atomic E-state index is 0.0284. The molecule has 0 saturated carbocycles. The summed E-state index contributed by atoms with van der Waals surface area (Å²) in [5.74, 6) is 0.312. The first-order valence-electron chi connectivity index (χ1n) is 9.26. The van der Waals surface area contributed by atoms with Gasteiger partial charge in [-0.3, -0.25) is 4.79 Å². The van der Waals surface area contributed by atoms with Crippen LogP contribution >= 0.6 is 0 Å². The molecule has 1 amide bonds. The zero-order chi connectivity index (χ0) is 20.1. The van der Waals surface area contributed by atoms with Crippen LogP contribution in [0.5, 0.6) is 5.75 Å². The predicted octanol–water partition coefficient (Wildman–Crippen LogP) is 1.23. The van der Waals surface area contributed by atoms with E-state index >= 15 is 0 Å². The molecule has 2 saturated heterocycles. The monoisotopic (exact) mass is 410 g/mol. The molecule has 8 nitrogen and oxygen atoms in total. The van der Waals surface area contributed by atoms with Gasteiger partial charge in [-0.25, -0.2) is 13.1 Å². The van der Waals surface area contributed by atoms with Crippen LogP contribution in [-0.2, 0) is 24.3 Å². The van der Waals surface area contributed by atoms with Crippen LogP contribution in [0, 0.1) is 5.92 Å². The van der Waals surface area contributed by atoms with E-state index in [-0.39, 0.29) is 28.8 Å². The number of rotatable bonds is 6. The first-order valence-corrected chi connectivity index (χ1v) is 10.7. The number of nitrogens with one attached hydrogen (secondary N) is 1. The molecule has 0 aliphatic carbocycles. The van der Waals surface area contributed by atoms with Crippen molar-refractivity contribution in [2.24, 2.45) is 5.92 Å². The van der Waals surface area contributed by atoms with E-state index in [1.807, 2.05) is 0 Å². The Morgan fingerprint density at radius 1 is 1.32 bits per heavy atom. The molecule has 154 valence electrons. The molecule has 9 heteroatoms. The number of hydrogen-bond donors (Lipinski definition) is 1. The van der Waals surface area contributed by atoms with E-state index in [9.17, 15) is 13.2 Å². The number of likely N-dealkylation sites (tertiary alicyclic amines) is 1. The minimum atomic E-state index is -3.67. The fourth-order valence-corrected chi connectivity index (χ4v) is 4.40. The minimum Gasteiger partial charge on any atom is -0.495 e. The van der Waals surface area contributed by atoms with E-state index in [1.165, 1.54) is 26.3 Å². The molecule has 0 bridgehead atoms. The summed E-state index contributed by atoms with van der Waals surface area (Å²) in [6, 6.07) is 4.75. The van der Waals surface area contributed by atoms with Crippen molar-refractivity contribution in [3.05, 3.63) is 29.8 Å². The van der Waals surface area contributed by atoms with Crippen molar-refractivity contribution >= 4 is 22.0 Å². The van der Waals surface area contributed by atoms with Crippen LogP contribution in [0.15, 0.2) is 29.2 Å². The molecule has 0 spiro atoms. The number of hydrogen-bond acceptors (Lipinski definition) is 6.